The summed E-state index contributed by atoms with van der Waals surface area (Å²) in [4.78, 5) is 0. The lowest BCUT2D eigenvalue weighted by Gasteiger charge is -2.18. The van der Waals surface area contributed by atoms with E-state index in [2.05, 4.69) is 40.7 Å². The van der Waals surface area contributed by atoms with E-state index in [1.54, 1.807) is 0 Å². The highest BCUT2D eigenvalue weighted by molar-refractivity contribution is 5.05. The normalized spacial score (nSPS) is 14.4. The Balaban J connectivity index is 4.03. The van der Waals surface area contributed by atoms with Crippen LogP contribution in [0.25, 0.3) is 0 Å². The average Bonchev–Trinajstić information content (AvgIpc) is 1.62. The molecule has 0 aliphatic rings. The van der Waals surface area contributed by atoms with Gasteiger partial charge < -0.3 is 0 Å². The van der Waals surface area contributed by atoms with Crippen molar-refractivity contribution in [2.45, 2.75) is 34.6 Å². The van der Waals surface area contributed by atoms with Crippen LogP contribution in [0.15, 0.2) is 11.6 Å². The van der Waals surface area contributed by atoms with Crippen molar-refractivity contribution in [1.82, 2.24) is 0 Å². The predicted octanol–water partition coefficient (Wildman–Crippen LogP) is 3.00. The van der Waals surface area contributed by atoms with Crippen LogP contribution in [0.4, 0.5) is 0 Å². The quantitative estimate of drug-likeness (QED) is 0.422. The van der Waals surface area contributed by atoms with Gasteiger partial charge >= 0.3 is 0 Å². The Bertz CT molecular complexity index is 91.1. The summed E-state index contributed by atoms with van der Waals surface area (Å²) in [5.74, 6) is 0. The maximum atomic E-state index is 2.22. The first kappa shape index (κ1) is 7.74. The molecule has 48 valence electrons. The second-order valence-electron chi connectivity index (χ2n) is 3.22. The van der Waals surface area contributed by atoms with Gasteiger partial charge in [-0.15, -0.1) is 0 Å². The van der Waals surface area contributed by atoms with Crippen LogP contribution in [0.3, 0.4) is 0 Å². The second kappa shape index (κ2) is 2.34. The molecule has 0 aromatic carbocycles. The Morgan fingerprint density at radius 1 is 1.25 bits per heavy atom. The number of hydrogen-bond acceptors (Lipinski definition) is 0. The zero-order chi connectivity index (χ0) is 6.78. The van der Waals surface area contributed by atoms with E-state index in [1.807, 2.05) is 0 Å². The topological polar surface area (TPSA) is 0 Å². The summed E-state index contributed by atoms with van der Waals surface area (Å²) in [6, 6.07) is 0. The fourth-order valence-electron chi connectivity index (χ4n) is 0.433. The van der Waals surface area contributed by atoms with E-state index in [9.17, 15) is 0 Å². The van der Waals surface area contributed by atoms with Crippen molar-refractivity contribution in [3.8, 4) is 0 Å². The van der Waals surface area contributed by atoms with Crippen molar-refractivity contribution >= 4 is 0 Å². The molecule has 0 fully saturated rings. The lowest BCUT2D eigenvalue weighted by Crippen LogP contribution is -2.05. The van der Waals surface area contributed by atoms with E-state index in [-0.39, 0.29) is 0 Å². The van der Waals surface area contributed by atoms with Gasteiger partial charge in [0, 0.05) is 0 Å². The van der Waals surface area contributed by atoms with Crippen LogP contribution in [-0.2, 0) is 0 Å². The third-order valence-electron chi connectivity index (χ3n) is 1.62. The van der Waals surface area contributed by atoms with Crippen LogP contribution < -0.4 is 0 Å². The van der Waals surface area contributed by atoms with Crippen molar-refractivity contribution < 1.29 is 0 Å². The molecule has 0 N–H and O–H groups in total. The highest BCUT2D eigenvalue weighted by Crippen LogP contribution is 2.23. The molecule has 0 aliphatic heterocycles. The summed E-state index contributed by atoms with van der Waals surface area (Å²) in [5, 5.41) is 0. The summed E-state index contributed by atoms with van der Waals surface area (Å²) in [5.41, 5.74) is 1.83. The minimum atomic E-state index is 0.370. The fraction of sp³-hybridized carbons (Fsp3) is 0.750. The van der Waals surface area contributed by atoms with Gasteiger partial charge in [-0.1, -0.05) is 32.4 Å². The molecule has 0 heterocycles. The zero-order valence-corrected chi connectivity index (χ0v) is 6.58. The number of rotatable bonds is 0. The van der Waals surface area contributed by atoms with Gasteiger partial charge in [0.15, 0.2) is 0 Å². The molecule has 0 spiro atoms. The van der Waals surface area contributed by atoms with Crippen LogP contribution in [0.5, 0.6) is 0 Å². The summed E-state index contributed by atoms with van der Waals surface area (Å²) >= 11 is 0. The third-order valence-corrected chi connectivity index (χ3v) is 1.62. The van der Waals surface area contributed by atoms with Gasteiger partial charge in [0.25, 0.3) is 0 Å². The Morgan fingerprint density at radius 2 is 1.62 bits per heavy atom. The first-order valence-electron chi connectivity index (χ1n) is 3.12. The lowest BCUT2D eigenvalue weighted by atomic mass is 9.88. The van der Waals surface area contributed by atoms with E-state index in [4.69, 9.17) is 0 Å². The first-order valence-corrected chi connectivity index (χ1v) is 3.12. The van der Waals surface area contributed by atoms with Crippen molar-refractivity contribution in [2.24, 2.45) is 5.41 Å². The van der Waals surface area contributed by atoms with E-state index in [0.717, 1.165) is 0 Å². The van der Waals surface area contributed by atoms with E-state index >= 15 is 0 Å². The van der Waals surface area contributed by atoms with Crippen LogP contribution in [-0.4, -0.2) is 0 Å². The molecule has 0 aromatic heterocycles. The molecule has 0 rings (SSSR count). The molecule has 8 heavy (non-hydrogen) atoms. The Morgan fingerprint density at radius 3 is 1.62 bits per heavy atom. The monoisotopic (exact) mass is 112 g/mol. The molecule has 0 saturated heterocycles. The van der Waals surface area contributed by atoms with Gasteiger partial charge in [-0.05, 0) is 19.3 Å². The van der Waals surface area contributed by atoms with Gasteiger partial charge in [0.2, 0.25) is 0 Å². The highest BCUT2D eigenvalue weighted by atomic mass is 14.1. The number of allylic oxidation sites excluding steroid dienone is 2. The zero-order valence-electron chi connectivity index (χ0n) is 6.58. The van der Waals surface area contributed by atoms with E-state index in [1.165, 1.54) is 5.57 Å². The largest absolute Gasteiger partial charge is 0.0882 e. The molecular weight excluding hydrogens is 96.1 g/mol. The van der Waals surface area contributed by atoms with Crippen molar-refractivity contribution in [3.63, 3.8) is 0 Å². The van der Waals surface area contributed by atoms with Crippen LogP contribution in [0.2, 0.25) is 0 Å². The first-order chi connectivity index (χ1) is 3.48. The maximum absolute atomic E-state index is 2.22. The second-order valence-corrected chi connectivity index (χ2v) is 3.22. The molecule has 0 aliphatic carbocycles. The van der Waals surface area contributed by atoms with Crippen LogP contribution in [0.1, 0.15) is 34.6 Å². The smallest absolute Gasteiger partial charge is 0.0176 e. The highest BCUT2D eigenvalue weighted by Gasteiger charge is 2.09. The van der Waals surface area contributed by atoms with E-state index in [0.29, 0.717) is 5.41 Å². The van der Waals surface area contributed by atoms with Crippen molar-refractivity contribution in [3.05, 3.63) is 11.6 Å². The molecule has 0 aromatic rings. The number of hydrogen-bond donors (Lipinski definition) is 0. The van der Waals surface area contributed by atoms with Gasteiger partial charge in [0.1, 0.15) is 0 Å². The predicted molar refractivity (Wildman–Crippen MR) is 38.9 cm³/mol. The molecule has 0 nitrogen and oxygen atoms in total. The third kappa shape index (κ3) is 2.15. The Hall–Kier alpha value is -0.260. The van der Waals surface area contributed by atoms with Crippen molar-refractivity contribution in [1.29, 1.82) is 0 Å². The fourth-order valence-corrected chi connectivity index (χ4v) is 0.433. The molecule has 0 heteroatoms. The Labute approximate surface area is 52.6 Å². The molecule has 0 atom stereocenters. The summed E-state index contributed by atoms with van der Waals surface area (Å²) in [6.07, 6.45) is 2.17. The summed E-state index contributed by atoms with van der Waals surface area (Å²) in [6.45, 7) is 10.9. The van der Waals surface area contributed by atoms with Crippen LogP contribution in [0, 0.1) is 5.41 Å². The molecule has 0 amide bonds. The van der Waals surface area contributed by atoms with Crippen LogP contribution >= 0.6 is 0 Å². The lowest BCUT2D eigenvalue weighted by molar-refractivity contribution is 0.503. The minimum Gasteiger partial charge on any atom is -0.0882 e. The SMILES string of the molecule is CC=C(C)C(C)(C)C. The molecular formula is C8H16. The summed E-state index contributed by atoms with van der Waals surface area (Å²) < 4.78 is 0. The minimum absolute atomic E-state index is 0.370. The molecule has 0 saturated carbocycles. The Kier molecular flexibility index (Phi) is 2.26. The molecule has 0 radical (unpaired) electrons. The maximum Gasteiger partial charge on any atom is -0.0176 e. The van der Waals surface area contributed by atoms with Crippen molar-refractivity contribution in [2.75, 3.05) is 0 Å². The van der Waals surface area contributed by atoms with Gasteiger partial charge in [0.05, 0.1) is 0 Å². The molecule has 0 unspecified atom stereocenters. The standard InChI is InChI=1S/C8H16/c1-6-7(2)8(3,4)5/h6H,1-5H3. The summed E-state index contributed by atoms with van der Waals surface area (Å²) in [7, 11) is 0. The van der Waals surface area contributed by atoms with Gasteiger partial charge in [-0.25, -0.2) is 0 Å². The molecule has 0 bridgehead atoms. The van der Waals surface area contributed by atoms with E-state index < -0.39 is 0 Å². The van der Waals surface area contributed by atoms with Gasteiger partial charge in [-0.2, -0.15) is 0 Å². The van der Waals surface area contributed by atoms with Gasteiger partial charge in [-0.3, -0.25) is 0 Å². The average molecular weight is 112 g/mol.